The molecule has 0 aromatic heterocycles. The quantitative estimate of drug-likeness (QED) is 0.423. The van der Waals surface area contributed by atoms with Crippen LogP contribution < -0.4 is 0 Å². The topological polar surface area (TPSA) is 49.5 Å². The molecule has 26 heavy (non-hydrogen) atoms. The summed E-state index contributed by atoms with van der Waals surface area (Å²) in [4.78, 5) is 0. The predicted octanol–water partition coefficient (Wildman–Crippen LogP) is 3.40. The second kappa shape index (κ2) is 8.81. The van der Waals surface area contributed by atoms with Crippen LogP contribution in [0.1, 0.15) is 42.7 Å². The van der Waals surface area contributed by atoms with Crippen molar-refractivity contribution in [1.29, 1.82) is 0 Å². The summed E-state index contributed by atoms with van der Waals surface area (Å²) in [5, 5.41) is 0. The van der Waals surface area contributed by atoms with Crippen molar-refractivity contribution < 1.29 is 23.7 Å². The zero-order valence-corrected chi connectivity index (χ0v) is 15.6. The Hall–Kier alpha value is -0.980. The molecule has 1 saturated carbocycles. The molecule has 0 amide bonds. The van der Waals surface area contributed by atoms with Gasteiger partial charge in [0, 0.05) is 5.92 Å². The van der Waals surface area contributed by atoms with Crippen LogP contribution in [0.25, 0.3) is 0 Å². The lowest BCUT2D eigenvalue weighted by molar-refractivity contribution is -0.260. The summed E-state index contributed by atoms with van der Waals surface area (Å²) < 4.78 is 28.1. The fourth-order valence-corrected chi connectivity index (χ4v) is 3.92. The fourth-order valence-electron chi connectivity index (χ4n) is 3.92. The molecule has 1 unspecified atom stereocenters. The van der Waals surface area contributed by atoms with Gasteiger partial charge in [-0.05, 0) is 44.1 Å². The summed E-state index contributed by atoms with van der Waals surface area (Å²) in [6.07, 6.45) is 4.93. The Morgan fingerprint density at radius 3 is 2.27 bits per heavy atom. The van der Waals surface area contributed by atoms with Crippen molar-refractivity contribution in [2.24, 2.45) is 5.92 Å². The van der Waals surface area contributed by atoms with Crippen LogP contribution >= 0.6 is 0 Å². The van der Waals surface area contributed by atoms with E-state index in [0.29, 0.717) is 31.7 Å². The van der Waals surface area contributed by atoms with Gasteiger partial charge >= 0.3 is 0 Å². The van der Waals surface area contributed by atoms with Gasteiger partial charge in [-0.15, -0.1) is 0 Å². The van der Waals surface area contributed by atoms with Gasteiger partial charge in [0.25, 0.3) is 0 Å². The van der Waals surface area contributed by atoms with E-state index >= 15 is 0 Å². The minimum absolute atomic E-state index is 0.0322. The summed E-state index contributed by atoms with van der Waals surface area (Å²) in [5.74, 6) is 1.18. The summed E-state index contributed by atoms with van der Waals surface area (Å²) in [5.41, 5.74) is 2.80. The molecule has 5 heteroatoms. The smallest absolute Gasteiger partial charge is 0.160 e. The Labute approximate surface area is 155 Å². The second-order valence-corrected chi connectivity index (χ2v) is 7.79. The van der Waals surface area contributed by atoms with E-state index in [0.717, 1.165) is 6.61 Å². The second-order valence-electron chi connectivity index (χ2n) is 7.79. The van der Waals surface area contributed by atoms with Crippen molar-refractivity contribution in [3.05, 3.63) is 35.4 Å². The Kier molecular flexibility index (Phi) is 6.23. The van der Waals surface area contributed by atoms with Crippen LogP contribution in [0.5, 0.6) is 0 Å². The van der Waals surface area contributed by atoms with E-state index in [-0.39, 0.29) is 25.3 Å². The molecule has 5 nitrogen and oxygen atoms in total. The van der Waals surface area contributed by atoms with Gasteiger partial charge < -0.3 is 23.7 Å². The van der Waals surface area contributed by atoms with Gasteiger partial charge in [-0.2, -0.15) is 0 Å². The molecule has 1 aliphatic carbocycles. The van der Waals surface area contributed by atoms with Crippen molar-refractivity contribution in [3.8, 4) is 0 Å². The van der Waals surface area contributed by atoms with Gasteiger partial charge in [0.15, 0.2) is 6.29 Å². The number of hydrogen-bond acceptors (Lipinski definition) is 5. The molecule has 3 aliphatic rings. The van der Waals surface area contributed by atoms with Gasteiger partial charge in [0.05, 0.1) is 26.4 Å². The van der Waals surface area contributed by atoms with E-state index in [4.69, 9.17) is 23.7 Å². The minimum atomic E-state index is -0.0744. The molecule has 2 heterocycles. The van der Waals surface area contributed by atoms with Crippen LogP contribution in [0.4, 0.5) is 0 Å². The maximum Gasteiger partial charge on any atom is 0.160 e. The molecule has 3 fully saturated rings. The minimum Gasteiger partial charge on any atom is -0.371 e. The maximum atomic E-state index is 5.95. The van der Waals surface area contributed by atoms with E-state index in [1.54, 1.807) is 0 Å². The summed E-state index contributed by atoms with van der Waals surface area (Å²) >= 11 is 0. The number of epoxide rings is 1. The number of benzene rings is 1. The molecule has 1 atom stereocenters. The molecule has 1 aromatic carbocycles. The molecule has 144 valence electrons. The first-order chi connectivity index (χ1) is 12.8. The Morgan fingerprint density at radius 1 is 0.923 bits per heavy atom. The van der Waals surface area contributed by atoms with Crippen LogP contribution in [0.2, 0.25) is 0 Å². The van der Waals surface area contributed by atoms with Crippen LogP contribution in [0.15, 0.2) is 24.3 Å². The molecular weight excluding hydrogens is 332 g/mol. The van der Waals surface area contributed by atoms with Crippen LogP contribution in [-0.2, 0) is 23.7 Å². The number of hydrogen-bond donors (Lipinski definition) is 0. The molecule has 1 aromatic rings. The van der Waals surface area contributed by atoms with Crippen molar-refractivity contribution >= 4 is 0 Å². The van der Waals surface area contributed by atoms with E-state index in [9.17, 15) is 0 Å². The highest BCUT2D eigenvalue weighted by Crippen LogP contribution is 2.38. The lowest BCUT2D eigenvalue weighted by Gasteiger charge is -2.37. The predicted molar refractivity (Wildman–Crippen MR) is 97.0 cm³/mol. The van der Waals surface area contributed by atoms with Crippen LogP contribution in [0, 0.1) is 12.8 Å². The molecule has 0 radical (unpaired) electrons. The van der Waals surface area contributed by atoms with Crippen molar-refractivity contribution in [2.45, 2.75) is 57.0 Å². The SMILES string of the molecule is Cc1ccc(C2CCC(C3OCC(OCOCC4CO4)CO3)CC2)cc1. The first kappa shape index (κ1) is 18.4. The monoisotopic (exact) mass is 362 g/mol. The summed E-state index contributed by atoms with van der Waals surface area (Å²) in [6, 6.07) is 9.01. The van der Waals surface area contributed by atoms with E-state index in [2.05, 4.69) is 31.2 Å². The zero-order chi connectivity index (χ0) is 17.8. The van der Waals surface area contributed by atoms with E-state index in [1.165, 1.54) is 36.8 Å². The molecule has 4 rings (SSSR count). The Morgan fingerprint density at radius 2 is 1.62 bits per heavy atom. The first-order valence-electron chi connectivity index (χ1n) is 9.88. The summed E-state index contributed by atoms with van der Waals surface area (Å²) in [6.45, 7) is 5.02. The Balaban J connectivity index is 1.14. The molecule has 2 saturated heterocycles. The van der Waals surface area contributed by atoms with Crippen molar-refractivity contribution in [2.75, 3.05) is 33.2 Å². The lowest BCUT2D eigenvalue weighted by Crippen LogP contribution is -2.42. The third kappa shape index (κ3) is 5.05. The van der Waals surface area contributed by atoms with Gasteiger partial charge in [-0.3, -0.25) is 0 Å². The normalized spacial score (nSPS) is 34.6. The van der Waals surface area contributed by atoms with Gasteiger partial charge in [-0.1, -0.05) is 29.8 Å². The lowest BCUT2D eigenvalue weighted by atomic mass is 9.78. The Bertz CT molecular complexity index is 540. The number of rotatable bonds is 7. The average molecular weight is 362 g/mol. The highest BCUT2D eigenvalue weighted by molar-refractivity contribution is 5.24. The van der Waals surface area contributed by atoms with Crippen LogP contribution in [-0.4, -0.2) is 51.7 Å². The van der Waals surface area contributed by atoms with Crippen LogP contribution in [0.3, 0.4) is 0 Å². The number of ether oxygens (including phenoxy) is 5. The third-order valence-electron chi connectivity index (χ3n) is 5.69. The van der Waals surface area contributed by atoms with Gasteiger partial charge in [-0.25, -0.2) is 0 Å². The molecule has 0 spiro atoms. The van der Waals surface area contributed by atoms with E-state index < -0.39 is 0 Å². The fraction of sp³-hybridized carbons (Fsp3) is 0.714. The van der Waals surface area contributed by atoms with Crippen molar-refractivity contribution in [3.63, 3.8) is 0 Å². The largest absolute Gasteiger partial charge is 0.371 e. The average Bonchev–Trinajstić information content (AvgIpc) is 3.51. The highest BCUT2D eigenvalue weighted by atomic mass is 16.7. The molecule has 2 aliphatic heterocycles. The van der Waals surface area contributed by atoms with Gasteiger partial charge in [0.2, 0.25) is 0 Å². The number of aryl methyl sites for hydroxylation is 1. The molecular formula is C21H30O5. The standard InChI is InChI=1S/C21H30O5/c1-15-2-4-16(5-3-15)17-6-8-18(9-7-17)21-24-12-20(13-25-21)26-14-22-10-19-11-23-19/h2-5,17-21H,6-14H2,1H3. The third-order valence-corrected chi connectivity index (χ3v) is 5.69. The van der Waals surface area contributed by atoms with Crippen molar-refractivity contribution in [1.82, 2.24) is 0 Å². The van der Waals surface area contributed by atoms with E-state index in [1.807, 2.05) is 0 Å². The molecule has 0 N–H and O–H groups in total. The molecule has 0 bridgehead atoms. The summed E-state index contributed by atoms with van der Waals surface area (Å²) in [7, 11) is 0. The first-order valence-corrected chi connectivity index (χ1v) is 9.88. The maximum absolute atomic E-state index is 5.95. The van der Waals surface area contributed by atoms with Gasteiger partial charge in [0.1, 0.15) is 19.0 Å². The highest BCUT2D eigenvalue weighted by Gasteiger charge is 2.33. The zero-order valence-electron chi connectivity index (χ0n) is 15.6.